The molecular weight excluding hydrogens is 430 g/mol. The van der Waals surface area contributed by atoms with Crippen LogP contribution in [-0.4, -0.2) is 29.0 Å². The zero-order chi connectivity index (χ0) is 24.2. The molecule has 4 rings (SSSR count). The molecule has 0 bridgehead atoms. The van der Waals surface area contributed by atoms with E-state index >= 15 is 0 Å². The number of imide groups is 2. The molecule has 1 aliphatic heterocycles. The van der Waals surface area contributed by atoms with Crippen LogP contribution in [-0.2, 0) is 22.6 Å². The molecule has 7 heteroatoms. The summed E-state index contributed by atoms with van der Waals surface area (Å²) in [7, 11) is 0. The third-order valence-corrected chi connectivity index (χ3v) is 5.78. The van der Waals surface area contributed by atoms with Crippen LogP contribution >= 0.6 is 0 Å². The number of barbiturate groups is 1. The number of nitrogens with zero attached hydrogens (tertiary/aromatic N) is 2. The molecule has 1 saturated heterocycles. The molecule has 3 aromatic rings. The number of hydrogen-bond donors (Lipinski definition) is 1. The summed E-state index contributed by atoms with van der Waals surface area (Å²) in [4.78, 5) is 39.1. The van der Waals surface area contributed by atoms with E-state index in [1.54, 1.807) is 12.1 Å². The van der Waals surface area contributed by atoms with E-state index in [-0.39, 0.29) is 5.57 Å². The minimum absolute atomic E-state index is 0.102. The quantitative estimate of drug-likeness (QED) is 0.421. The normalized spacial score (nSPS) is 15.1. The lowest BCUT2D eigenvalue weighted by molar-refractivity contribution is -0.122. The van der Waals surface area contributed by atoms with E-state index in [2.05, 4.69) is 11.4 Å². The molecule has 1 aromatic heterocycles. The second-order valence-corrected chi connectivity index (χ2v) is 8.22. The van der Waals surface area contributed by atoms with Gasteiger partial charge in [-0.1, -0.05) is 36.8 Å². The number of aromatic nitrogens is 1. The van der Waals surface area contributed by atoms with Gasteiger partial charge in [-0.3, -0.25) is 14.9 Å². The molecule has 0 spiro atoms. The fourth-order valence-corrected chi connectivity index (χ4v) is 3.90. The van der Waals surface area contributed by atoms with Crippen molar-refractivity contribution in [3.63, 3.8) is 0 Å². The minimum atomic E-state index is -0.756. The van der Waals surface area contributed by atoms with Crippen molar-refractivity contribution >= 4 is 29.6 Å². The van der Waals surface area contributed by atoms with Crippen molar-refractivity contribution in [3.05, 3.63) is 88.8 Å². The molecule has 0 atom stereocenters. The van der Waals surface area contributed by atoms with Gasteiger partial charge in [-0.25, -0.2) is 9.69 Å². The zero-order valence-electron chi connectivity index (χ0n) is 19.5. The Kier molecular flexibility index (Phi) is 6.63. The van der Waals surface area contributed by atoms with Crippen LogP contribution in [0, 0.1) is 13.8 Å². The van der Waals surface area contributed by atoms with Gasteiger partial charge in [0.2, 0.25) is 0 Å². The second-order valence-electron chi connectivity index (χ2n) is 8.22. The summed E-state index contributed by atoms with van der Waals surface area (Å²) in [6.45, 7) is 7.01. The summed E-state index contributed by atoms with van der Waals surface area (Å²) in [6, 6.07) is 16.0. The molecule has 1 aliphatic rings. The average Bonchev–Trinajstić information content (AvgIpc) is 3.25. The third-order valence-electron chi connectivity index (χ3n) is 5.78. The number of carbonyl (C=O) groups excluding carboxylic acids is 3. The Morgan fingerprint density at radius 3 is 2.47 bits per heavy atom. The number of rotatable bonds is 7. The topological polar surface area (TPSA) is 80.6 Å². The van der Waals surface area contributed by atoms with E-state index in [1.165, 1.54) is 11.6 Å². The molecule has 0 saturated carbocycles. The fraction of sp³-hybridized carbons (Fsp3) is 0.222. The molecule has 4 amide bonds. The Labute approximate surface area is 198 Å². The van der Waals surface area contributed by atoms with Crippen LogP contribution in [0.15, 0.2) is 66.4 Å². The largest absolute Gasteiger partial charge is 0.491 e. The van der Waals surface area contributed by atoms with Gasteiger partial charge in [0.1, 0.15) is 17.9 Å². The third kappa shape index (κ3) is 4.78. The maximum Gasteiger partial charge on any atom is 0.335 e. The summed E-state index contributed by atoms with van der Waals surface area (Å²) >= 11 is 0. The Morgan fingerprint density at radius 1 is 1.00 bits per heavy atom. The first-order valence-corrected chi connectivity index (χ1v) is 11.2. The van der Waals surface area contributed by atoms with Gasteiger partial charge >= 0.3 is 6.03 Å². The average molecular weight is 458 g/mol. The molecule has 1 N–H and O–H groups in total. The number of benzene rings is 2. The van der Waals surface area contributed by atoms with Crippen molar-refractivity contribution in [1.82, 2.24) is 9.88 Å². The van der Waals surface area contributed by atoms with Crippen molar-refractivity contribution < 1.29 is 19.1 Å². The number of hydrogen-bond acceptors (Lipinski definition) is 4. The van der Waals surface area contributed by atoms with Crippen LogP contribution < -0.4 is 15.0 Å². The lowest BCUT2D eigenvalue weighted by atomic mass is 10.1. The van der Waals surface area contributed by atoms with Gasteiger partial charge in [0.05, 0.1) is 12.2 Å². The number of nitrogens with one attached hydrogen (secondary N) is 1. The highest BCUT2D eigenvalue weighted by Gasteiger charge is 2.36. The van der Waals surface area contributed by atoms with Crippen molar-refractivity contribution in [2.75, 3.05) is 11.5 Å². The SMILES string of the molecule is CCc1ccc(N2C(=O)NC(=O)/C(=C\c3cccn3CCOc3ccc(C)cc3C)C2=O)cc1. The lowest BCUT2D eigenvalue weighted by Crippen LogP contribution is -2.54. The monoisotopic (exact) mass is 457 g/mol. The first-order chi connectivity index (χ1) is 16.4. The van der Waals surface area contributed by atoms with Crippen LogP contribution in [0.2, 0.25) is 0 Å². The van der Waals surface area contributed by atoms with E-state index < -0.39 is 17.8 Å². The molecule has 1 fully saturated rings. The highest BCUT2D eigenvalue weighted by molar-refractivity contribution is 6.39. The lowest BCUT2D eigenvalue weighted by Gasteiger charge is -2.26. The van der Waals surface area contributed by atoms with Crippen LogP contribution in [0.1, 0.15) is 29.3 Å². The van der Waals surface area contributed by atoms with E-state index in [0.717, 1.165) is 28.2 Å². The number of ether oxygens (including phenoxy) is 1. The zero-order valence-corrected chi connectivity index (χ0v) is 19.5. The predicted molar refractivity (Wildman–Crippen MR) is 131 cm³/mol. The van der Waals surface area contributed by atoms with E-state index in [0.29, 0.717) is 24.5 Å². The van der Waals surface area contributed by atoms with Crippen LogP contribution in [0.4, 0.5) is 10.5 Å². The molecule has 2 heterocycles. The standard InChI is InChI=1S/C27H27N3O4/c1-4-20-8-10-21(11-9-20)30-26(32)23(25(31)28-27(30)33)17-22-6-5-13-29(22)14-15-34-24-12-7-18(2)16-19(24)3/h5-13,16-17H,4,14-15H2,1-3H3,(H,28,31,33)/b23-17+. The van der Waals surface area contributed by atoms with E-state index in [1.807, 2.05) is 67.9 Å². The number of amides is 4. The number of carbonyl (C=O) groups is 3. The van der Waals surface area contributed by atoms with Crippen molar-refractivity contribution in [1.29, 1.82) is 0 Å². The Morgan fingerprint density at radius 2 is 1.76 bits per heavy atom. The second kappa shape index (κ2) is 9.79. The van der Waals surface area contributed by atoms with E-state index in [9.17, 15) is 14.4 Å². The number of urea groups is 1. The highest BCUT2D eigenvalue weighted by Crippen LogP contribution is 2.23. The molecular formula is C27H27N3O4. The molecule has 174 valence electrons. The van der Waals surface area contributed by atoms with Gasteiger partial charge in [-0.05, 0) is 67.8 Å². The maximum atomic E-state index is 13.1. The summed E-state index contributed by atoms with van der Waals surface area (Å²) in [6.07, 6.45) is 4.21. The Bertz CT molecular complexity index is 1270. The van der Waals surface area contributed by atoms with Gasteiger partial charge in [0.25, 0.3) is 11.8 Å². The van der Waals surface area contributed by atoms with Crippen LogP contribution in [0.3, 0.4) is 0 Å². The van der Waals surface area contributed by atoms with Crippen molar-refractivity contribution in [3.8, 4) is 5.75 Å². The molecule has 0 unspecified atom stereocenters. The molecule has 2 aromatic carbocycles. The molecule has 7 nitrogen and oxygen atoms in total. The summed E-state index contributed by atoms with van der Waals surface area (Å²) in [5, 5.41) is 2.27. The van der Waals surface area contributed by atoms with E-state index in [4.69, 9.17) is 4.74 Å². The molecule has 0 aliphatic carbocycles. The maximum absolute atomic E-state index is 13.1. The number of anilines is 1. The summed E-state index contributed by atoms with van der Waals surface area (Å²) in [5.74, 6) is -0.546. The first-order valence-electron chi connectivity index (χ1n) is 11.2. The predicted octanol–water partition coefficient (Wildman–Crippen LogP) is 4.41. The Hall–Kier alpha value is -4.13. The van der Waals surface area contributed by atoms with Crippen molar-refractivity contribution in [2.24, 2.45) is 0 Å². The molecule has 34 heavy (non-hydrogen) atoms. The van der Waals surface area contributed by atoms with Crippen LogP contribution in [0.5, 0.6) is 5.75 Å². The summed E-state index contributed by atoms with van der Waals surface area (Å²) < 4.78 is 7.82. The molecule has 0 radical (unpaired) electrons. The van der Waals surface area contributed by atoms with Gasteiger partial charge < -0.3 is 9.30 Å². The van der Waals surface area contributed by atoms with Gasteiger partial charge in [0, 0.05) is 11.9 Å². The van der Waals surface area contributed by atoms with Crippen molar-refractivity contribution in [2.45, 2.75) is 33.7 Å². The smallest absolute Gasteiger partial charge is 0.335 e. The van der Waals surface area contributed by atoms with Crippen LogP contribution in [0.25, 0.3) is 6.08 Å². The first kappa shape index (κ1) is 23.0. The number of aryl methyl sites for hydroxylation is 3. The Balaban J connectivity index is 1.52. The van der Waals surface area contributed by atoms with Gasteiger partial charge in [-0.15, -0.1) is 0 Å². The highest BCUT2D eigenvalue weighted by atomic mass is 16.5. The fourth-order valence-electron chi connectivity index (χ4n) is 3.90. The summed E-state index contributed by atoms with van der Waals surface area (Å²) in [5.41, 5.74) is 4.30. The van der Waals surface area contributed by atoms with Gasteiger partial charge in [-0.2, -0.15) is 0 Å². The van der Waals surface area contributed by atoms with Gasteiger partial charge in [0.15, 0.2) is 0 Å². The minimum Gasteiger partial charge on any atom is -0.491 e.